The number of amides is 1. The number of piperidine rings is 1. The number of nitrogens with one attached hydrogen (secondary N) is 1. The van der Waals surface area contributed by atoms with Crippen LogP contribution in [-0.4, -0.2) is 41.1 Å². The fourth-order valence-corrected chi connectivity index (χ4v) is 5.13. The molecule has 5 rings (SSSR count). The van der Waals surface area contributed by atoms with Crippen molar-refractivity contribution in [3.8, 4) is 5.75 Å². The van der Waals surface area contributed by atoms with Crippen molar-refractivity contribution in [2.75, 3.05) is 19.6 Å². The Bertz CT molecular complexity index is 1340. The number of benzene rings is 3. The lowest BCUT2D eigenvalue weighted by molar-refractivity contribution is 0.0952. The Balaban J connectivity index is 1.13. The van der Waals surface area contributed by atoms with Crippen LogP contribution in [0.1, 0.15) is 40.7 Å². The fraction of sp³-hybridized carbons (Fsp3) is 0.323. The molecule has 1 N–H and O–H groups in total. The maximum absolute atomic E-state index is 13.1. The number of fused-ring (bicyclic) bond motifs is 1. The van der Waals surface area contributed by atoms with E-state index in [0.717, 1.165) is 73.2 Å². The summed E-state index contributed by atoms with van der Waals surface area (Å²) in [4.78, 5) is 15.5. The first-order valence-electron chi connectivity index (χ1n) is 13.1. The van der Waals surface area contributed by atoms with Gasteiger partial charge in [-0.25, -0.2) is 4.39 Å². The second kappa shape index (κ2) is 11.6. The summed E-state index contributed by atoms with van der Waals surface area (Å²) in [6.07, 6.45) is 5.12. The van der Waals surface area contributed by atoms with E-state index in [1.165, 1.54) is 17.7 Å². The van der Waals surface area contributed by atoms with E-state index in [1.807, 2.05) is 36.5 Å². The Morgan fingerprint density at radius 3 is 2.57 bits per heavy atom. The summed E-state index contributed by atoms with van der Waals surface area (Å²) in [6.45, 7) is 6.42. The topological polar surface area (TPSA) is 46.5 Å². The molecule has 192 valence electrons. The van der Waals surface area contributed by atoms with Crippen LogP contribution in [0.25, 0.3) is 10.9 Å². The van der Waals surface area contributed by atoms with Crippen molar-refractivity contribution >= 4 is 16.8 Å². The van der Waals surface area contributed by atoms with Crippen molar-refractivity contribution in [3.63, 3.8) is 0 Å². The molecule has 0 aliphatic carbocycles. The normalized spacial score (nSPS) is 14.6. The summed E-state index contributed by atoms with van der Waals surface area (Å²) in [5.41, 5.74) is 4.11. The van der Waals surface area contributed by atoms with Gasteiger partial charge in [-0.3, -0.25) is 4.79 Å². The number of carbonyl (C=O) groups excluding carboxylic acids is 1. The molecule has 6 heteroatoms. The van der Waals surface area contributed by atoms with Gasteiger partial charge in [0.15, 0.2) is 0 Å². The highest BCUT2D eigenvalue weighted by Crippen LogP contribution is 2.23. The van der Waals surface area contributed by atoms with E-state index in [-0.39, 0.29) is 17.8 Å². The molecule has 3 aromatic carbocycles. The summed E-state index contributed by atoms with van der Waals surface area (Å²) >= 11 is 0. The maximum Gasteiger partial charge on any atom is 0.253 e. The molecule has 0 unspecified atom stereocenters. The van der Waals surface area contributed by atoms with Gasteiger partial charge < -0.3 is 19.5 Å². The lowest BCUT2D eigenvalue weighted by atomic mass is 10.1. The van der Waals surface area contributed by atoms with E-state index in [0.29, 0.717) is 6.54 Å². The molecule has 0 saturated carbocycles. The summed E-state index contributed by atoms with van der Waals surface area (Å²) in [7, 11) is 0. The molecule has 0 radical (unpaired) electrons. The van der Waals surface area contributed by atoms with Gasteiger partial charge in [-0.1, -0.05) is 48.0 Å². The van der Waals surface area contributed by atoms with Crippen molar-refractivity contribution in [1.29, 1.82) is 0 Å². The smallest absolute Gasteiger partial charge is 0.253 e. The summed E-state index contributed by atoms with van der Waals surface area (Å²) < 4.78 is 21.3. The van der Waals surface area contributed by atoms with Gasteiger partial charge in [-0.15, -0.1) is 0 Å². The van der Waals surface area contributed by atoms with Crippen molar-refractivity contribution in [1.82, 2.24) is 14.8 Å². The molecule has 37 heavy (non-hydrogen) atoms. The predicted octanol–water partition coefficient (Wildman–Crippen LogP) is 5.95. The van der Waals surface area contributed by atoms with Crippen LogP contribution in [-0.2, 0) is 13.1 Å². The number of halogens is 1. The summed E-state index contributed by atoms with van der Waals surface area (Å²) in [5.74, 6) is 0.449. The highest BCUT2D eigenvalue weighted by Gasteiger charge is 2.21. The van der Waals surface area contributed by atoms with Crippen LogP contribution in [0.5, 0.6) is 5.75 Å². The highest BCUT2D eigenvalue weighted by atomic mass is 19.1. The van der Waals surface area contributed by atoms with E-state index < -0.39 is 0 Å². The zero-order valence-corrected chi connectivity index (χ0v) is 21.3. The maximum atomic E-state index is 13.1. The zero-order chi connectivity index (χ0) is 25.6. The average molecular weight is 500 g/mol. The average Bonchev–Trinajstić information content (AvgIpc) is 3.28. The summed E-state index contributed by atoms with van der Waals surface area (Å²) in [6, 6.07) is 22.6. The third-order valence-corrected chi connectivity index (χ3v) is 7.09. The third-order valence-electron chi connectivity index (χ3n) is 7.09. The highest BCUT2D eigenvalue weighted by molar-refractivity contribution is 6.07. The number of para-hydroxylation sites is 1. The Kier molecular flexibility index (Phi) is 7.85. The number of nitrogens with zero attached hydrogens (tertiary/aromatic N) is 2. The number of hydrogen-bond acceptors (Lipinski definition) is 3. The quantitative estimate of drug-likeness (QED) is 0.309. The molecule has 1 aromatic heterocycles. The lowest BCUT2D eigenvalue weighted by Crippen LogP contribution is -2.38. The number of hydrogen-bond donors (Lipinski definition) is 1. The zero-order valence-electron chi connectivity index (χ0n) is 21.3. The van der Waals surface area contributed by atoms with Gasteiger partial charge >= 0.3 is 0 Å². The van der Waals surface area contributed by atoms with Gasteiger partial charge in [0.05, 0.1) is 5.56 Å². The molecule has 1 aliphatic heterocycles. The molecule has 4 aromatic rings. The van der Waals surface area contributed by atoms with E-state index in [4.69, 9.17) is 4.74 Å². The predicted molar refractivity (Wildman–Crippen MR) is 145 cm³/mol. The van der Waals surface area contributed by atoms with Gasteiger partial charge in [-0.05, 0) is 68.6 Å². The molecule has 1 amide bonds. The SMILES string of the molecule is Cc1cccc(CNC(=O)c2cn(CCCN3CCC(Oc4ccc(F)cc4)CC3)c3ccccc23)c1. The first kappa shape index (κ1) is 25.0. The van der Waals surface area contributed by atoms with Crippen LogP contribution in [0.4, 0.5) is 4.39 Å². The van der Waals surface area contributed by atoms with E-state index in [2.05, 4.69) is 39.9 Å². The van der Waals surface area contributed by atoms with Crippen LogP contribution in [0.15, 0.2) is 79.0 Å². The Hall–Kier alpha value is -3.64. The Morgan fingerprint density at radius 1 is 1.00 bits per heavy atom. The molecule has 1 aliphatic rings. The van der Waals surface area contributed by atoms with E-state index in [1.54, 1.807) is 12.1 Å². The van der Waals surface area contributed by atoms with Gasteiger partial charge in [-0.2, -0.15) is 0 Å². The standard InChI is InChI=1S/C31H34FN3O2/c1-23-6-4-7-24(20-23)21-33-31(36)29-22-35(30-9-3-2-8-28(29)30)17-5-16-34-18-14-27(15-19-34)37-26-12-10-25(32)11-13-26/h2-4,6-13,20,22,27H,5,14-19,21H2,1H3,(H,33,36). The van der Waals surface area contributed by atoms with Crippen LogP contribution < -0.4 is 10.1 Å². The minimum absolute atomic E-state index is 0.0420. The molecule has 0 spiro atoms. The number of ether oxygens (including phenoxy) is 1. The minimum Gasteiger partial charge on any atom is -0.490 e. The molecule has 0 atom stereocenters. The van der Waals surface area contributed by atoms with Crippen LogP contribution in [0.2, 0.25) is 0 Å². The monoisotopic (exact) mass is 499 g/mol. The number of aryl methyl sites for hydroxylation is 2. The molecule has 0 bridgehead atoms. The van der Waals surface area contributed by atoms with E-state index >= 15 is 0 Å². The van der Waals surface area contributed by atoms with Crippen molar-refractivity contribution in [2.24, 2.45) is 0 Å². The van der Waals surface area contributed by atoms with Gasteiger partial charge in [0, 0.05) is 43.3 Å². The summed E-state index contributed by atoms with van der Waals surface area (Å²) in [5, 5.41) is 4.08. The number of rotatable bonds is 9. The van der Waals surface area contributed by atoms with Gasteiger partial charge in [0.2, 0.25) is 0 Å². The van der Waals surface area contributed by atoms with Crippen LogP contribution in [0.3, 0.4) is 0 Å². The van der Waals surface area contributed by atoms with Crippen molar-refractivity contribution in [3.05, 3.63) is 102 Å². The number of aromatic nitrogens is 1. The third kappa shape index (κ3) is 6.38. The first-order valence-corrected chi connectivity index (χ1v) is 13.1. The molecule has 2 heterocycles. The largest absolute Gasteiger partial charge is 0.490 e. The fourth-order valence-electron chi connectivity index (χ4n) is 5.13. The number of carbonyl (C=O) groups is 1. The number of likely N-dealkylation sites (tertiary alicyclic amines) is 1. The second-order valence-electron chi connectivity index (χ2n) is 9.89. The van der Waals surface area contributed by atoms with Gasteiger partial charge in [0.1, 0.15) is 17.7 Å². The second-order valence-corrected chi connectivity index (χ2v) is 9.89. The molecule has 1 saturated heterocycles. The van der Waals surface area contributed by atoms with Crippen molar-refractivity contribution in [2.45, 2.75) is 45.4 Å². The molecular formula is C31H34FN3O2. The lowest BCUT2D eigenvalue weighted by Gasteiger charge is -2.32. The van der Waals surface area contributed by atoms with Crippen molar-refractivity contribution < 1.29 is 13.9 Å². The van der Waals surface area contributed by atoms with Crippen LogP contribution >= 0.6 is 0 Å². The molecule has 5 nitrogen and oxygen atoms in total. The Labute approximate surface area is 217 Å². The van der Waals surface area contributed by atoms with Gasteiger partial charge in [0.25, 0.3) is 5.91 Å². The molecular weight excluding hydrogens is 465 g/mol. The van der Waals surface area contributed by atoms with Crippen LogP contribution in [0, 0.1) is 12.7 Å². The van der Waals surface area contributed by atoms with E-state index in [9.17, 15) is 9.18 Å². The minimum atomic E-state index is -0.243. The first-order chi connectivity index (χ1) is 18.0. The molecule has 1 fully saturated rings. The Morgan fingerprint density at radius 2 is 1.78 bits per heavy atom.